The van der Waals surface area contributed by atoms with Crippen molar-refractivity contribution in [2.75, 3.05) is 30.8 Å². The number of nitrogens with zero attached hydrogens (tertiary/aromatic N) is 1. The summed E-state index contributed by atoms with van der Waals surface area (Å²) >= 11 is 0. The maximum Gasteiger partial charge on any atom is 0.243 e. The average Bonchev–Trinajstić information content (AvgIpc) is 2.75. The molecule has 0 bridgehead atoms. The van der Waals surface area contributed by atoms with Gasteiger partial charge in [-0.1, -0.05) is 6.07 Å². The summed E-state index contributed by atoms with van der Waals surface area (Å²) in [6, 6.07) is 11.1. The van der Waals surface area contributed by atoms with Crippen molar-refractivity contribution in [2.45, 2.75) is 24.3 Å². The maximum absolute atomic E-state index is 13.2. The van der Waals surface area contributed by atoms with Crippen LogP contribution in [0.25, 0.3) is 0 Å². The number of piperazine rings is 1. The number of rotatable bonds is 7. The highest BCUT2D eigenvalue weighted by Crippen LogP contribution is 2.24. The van der Waals surface area contributed by atoms with Gasteiger partial charge in [-0.3, -0.25) is 14.4 Å². The van der Waals surface area contributed by atoms with Crippen LogP contribution < -0.4 is 20.7 Å². The molecular formula is C21H24N4O6S. The van der Waals surface area contributed by atoms with E-state index in [0.29, 0.717) is 17.1 Å². The third-order valence-corrected chi connectivity index (χ3v) is 6.72. The lowest BCUT2D eigenvalue weighted by atomic mass is 10.1. The second kappa shape index (κ2) is 9.79. The van der Waals surface area contributed by atoms with E-state index in [-0.39, 0.29) is 30.3 Å². The molecule has 0 spiro atoms. The van der Waals surface area contributed by atoms with E-state index in [1.165, 1.54) is 38.3 Å². The topological polar surface area (TPSA) is 134 Å². The van der Waals surface area contributed by atoms with Crippen molar-refractivity contribution in [3.8, 4) is 5.75 Å². The third kappa shape index (κ3) is 5.42. The smallest absolute Gasteiger partial charge is 0.243 e. The standard InChI is InChI=1S/C21H24N4O6S/c1-14(26)23-15-6-8-18(9-7-15)32(29,30)25-11-10-22-21(28)19(25)13-20(27)24-16-4-3-5-17(12-16)31-2/h3-9,12,19H,10-11,13H2,1-2H3,(H,22,28)(H,23,26)(H,24,27). The van der Waals surface area contributed by atoms with Crippen molar-refractivity contribution in [2.24, 2.45) is 0 Å². The summed E-state index contributed by atoms with van der Waals surface area (Å²) in [5, 5.41) is 7.84. The van der Waals surface area contributed by atoms with Crippen LogP contribution in [0.5, 0.6) is 5.75 Å². The largest absolute Gasteiger partial charge is 0.497 e. The number of methoxy groups -OCH3 is 1. The normalized spacial score (nSPS) is 16.7. The molecule has 1 heterocycles. The molecule has 1 unspecified atom stereocenters. The molecular weight excluding hydrogens is 436 g/mol. The summed E-state index contributed by atoms with van der Waals surface area (Å²) in [5.74, 6) is -0.794. The first kappa shape index (κ1) is 23.2. The molecule has 2 aromatic carbocycles. The molecule has 2 aromatic rings. The molecule has 1 aliphatic heterocycles. The minimum Gasteiger partial charge on any atom is -0.497 e. The van der Waals surface area contributed by atoms with Gasteiger partial charge in [0.25, 0.3) is 0 Å². The van der Waals surface area contributed by atoms with Crippen LogP contribution in [0.4, 0.5) is 11.4 Å². The molecule has 1 atom stereocenters. The van der Waals surface area contributed by atoms with Crippen LogP contribution >= 0.6 is 0 Å². The molecule has 1 aliphatic rings. The fourth-order valence-corrected chi connectivity index (χ4v) is 4.90. The number of hydrogen-bond acceptors (Lipinski definition) is 6. The second-order valence-corrected chi connectivity index (χ2v) is 9.00. The van der Waals surface area contributed by atoms with Crippen LogP contribution in [0.1, 0.15) is 13.3 Å². The summed E-state index contributed by atoms with van der Waals surface area (Å²) in [5.41, 5.74) is 0.913. The Balaban J connectivity index is 1.78. The molecule has 3 rings (SSSR count). The Hall–Kier alpha value is -3.44. The van der Waals surface area contributed by atoms with Crippen molar-refractivity contribution in [1.29, 1.82) is 0 Å². The van der Waals surface area contributed by atoms with Crippen molar-refractivity contribution in [1.82, 2.24) is 9.62 Å². The van der Waals surface area contributed by atoms with E-state index in [4.69, 9.17) is 4.74 Å². The van der Waals surface area contributed by atoms with Gasteiger partial charge in [-0.2, -0.15) is 4.31 Å². The molecule has 32 heavy (non-hydrogen) atoms. The number of amides is 3. The lowest BCUT2D eigenvalue weighted by Gasteiger charge is -2.33. The van der Waals surface area contributed by atoms with Crippen LogP contribution in [-0.2, 0) is 24.4 Å². The summed E-state index contributed by atoms with van der Waals surface area (Å²) in [6.07, 6.45) is -0.355. The van der Waals surface area contributed by atoms with Crippen LogP contribution in [0.15, 0.2) is 53.4 Å². The first-order valence-electron chi connectivity index (χ1n) is 9.82. The Morgan fingerprint density at radius 2 is 1.84 bits per heavy atom. The Morgan fingerprint density at radius 3 is 2.50 bits per heavy atom. The van der Waals surface area contributed by atoms with Crippen molar-refractivity contribution >= 4 is 39.1 Å². The monoisotopic (exact) mass is 460 g/mol. The SMILES string of the molecule is COc1cccc(NC(=O)CC2C(=O)NCCN2S(=O)(=O)c2ccc(NC(C)=O)cc2)c1. The molecule has 3 N–H and O–H groups in total. The zero-order chi connectivity index (χ0) is 23.3. The average molecular weight is 461 g/mol. The van der Waals surface area contributed by atoms with Gasteiger partial charge in [-0.15, -0.1) is 0 Å². The highest BCUT2D eigenvalue weighted by molar-refractivity contribution is 7.89. The number of anilines is 2. The van der Waals surface area contributed by atoms with Gasteiger partial charge in [0.15, 0.2) is 0 Å². The van der Waals surface area contributed by atoms with Crippen molar-refractivity contribution in [3.63, 3.8) is 0 Å². The van der Waals surface area contributed by atoms with Gasteiger partial charge < -0.3 is 20.7 Å². The minimum atomic E-state index is -4.06. The molecule has 0 radical (unpaired) electrons. The van der Waals surface area contributed by atoms with Crippen molar-refractivity contribution in [3.05, 3.63) is 48.5 Å². The molecule has 1 fully saturated rings. The lowest BCUT2D eigenvalue weighted by Crippen LogP contribution is -2.57. The zero-order valence-corrected chi connectivity index (χ0v) is 18.4. The zero-order valence-electron chi connectivity index (χ0n) is 17.6. The van der Waals surface area contributed by atoms with Gasteiger partial charge in [0.05, 0.1) is 18.4 Å². The fraction of sp³-hybridized carbons (Fsp3) is 0.286. The summed E-state index contributed by atoms with van der Waals surface area (Å²) < 4.78 is 32.6. The molecule has 170 valence electrons. The Morgan fingerprint density at radius 1 is 1.12 bits per heavy atom. The van der Waals surface area contributed by atoms with Gasteiger partial charge in [0.1, 0.15) is 11.8 Å². The maximum atomic E-state index is 13.2. The number of benzene rings is 2. The number of sulfonamides is 1. The van der Waals surface area contributed by atoms with Crippen LogP contribution in [-0.4, -0.2) is 56.7 Å². The number of carbonyl (C=O) groups excluding carboxylic acids is 3. The third-order valence-electron chi connectivity index (χ3n) is 4.80. The van der Waals surface area contributed by atoms with Crippen LogP contribution in [0, 0.1) is 0 Å². The van der Waals surface area contributed by atoms with E-state index >= 15 is 0 Å². The first-order chi connectivity index (χ1) is 15.2. The Kier molecular flexibility index (Phi) is 7.11. The summed E-state index contributed by atoms with van der Waals surface area (Å²) in [6.45, 7) is 1.51. The molecule has 1 saturated heterocycles. The van der Waals surface area contributed by atoms with Crippen LogP contribution in [0.3, 0.4) is 0 Å². The van der Waals surface area contributed by atoms with E-state index in [2.05, 4.69) is 16.0 Å². The first-order valence-corrected chi connectivity index (χ1v) is 11.3. The van der Waals surface area contributed by atoms with Gasteiger partial charge in [-0.25, -0.2) is 8.42 Å². The molecule has 3 amide bonds. The number of ether oxygens (including phenoxy) is 1. The molecule has 11 heteroatoms. The van der Waals surface area contributed by atoms with E-state index in [0.717, 1.165) is 4.31 Å². The molecule has 0 saturated carbocycles. The van der Waals surface area contributed by atoms with Gasteiger partial charge >= 0.3 is 0 Å². The van der Waals surface area contributed by atoms with E-state index in [1.807, 2.05) is 0 Å². The molecule has 10 nitrogen and oxygen atoms in total. The van der Waals surface area contributed by atoms with E-state index in [9.17, 15) is 22.8 Å². The van der Waals surface area contributed by atoms with Gasteiger partial charge in [-0.05, 0) is 36.4 Å². The second-order valence-electron chi connectivity index (χ2n) is 7.11. The summed E-state index contributed by atoms with van der Waals surface area (Å²) in [4.78, 5) is 36.2. The van der Waals surface area contributed by atoms with Gasteiger partial charge in [0, 0.05) is 37.5 Å². The van der Waals surface area contributed by atoms with E-state index in [1.54, 1.807) is 24.3 Å². The lowest BCUT2D eigenvalue weighted by molar-refractivity contribution is -0.130. The highest BCUT2D eigenvalue weighted by Gasteiger charge is 2.39. The minimum absolute atomic E-state index is 0.0264. The number of carbonyl (C=O) groups is 3. The Bertz CT molecular complexity index is 1120. The fourth-order valence-electron chi connectivity index (χ4n) is 3.31. The van der Waals surface area contributed by atoms with Crippen molar-refractivity contribution < 1.29 is 27.5 Å². The predicted octanol–water partition coefficient (Wildman–Crippen LogP) is 1.17. The molecule has 0 aromatic heterocycles. The predicted molar refractivity (Wildman–Crippen MR) is 118 cm³/mol. The number of hydrogen-bond donors (Lipinski definition) is 3. The van der Waals surface area contributed by atoms with Gasteiger partial charge in [0.2, 0.25) is 27.7 Å². The van der Waals surface area contributed by atoms with E-state index < -0.39 is 27.9 Å². The Labute approximate surface area is 186 Å². The summed E-state index contributed by atoms with van der Waals surface area (Å²) in [7, 11) is -2.56. The quantitative estimate of drug-likeness (QED) is 0.568. The molecule has 0 aliphatic carbocycles. The van der Waals surface area contributed by atoms with Crippen LogP contribution in [0.2, 0.25) is 0 Å². The number of nitrogens with one attached hydrogen (secondary N) is 3. The highest BCUT2D eigenvalue weighted by atomic mass is 32.2.